The summed E-state index contributed by atoms with van der Waals surface area (Å²) < 4.78 is 54.5. The molecule has 160 valence electrons. The summed E-state index contributed by atoms with van der Waals surface area (Å²) >= 11 is 0. The van der Waals surface area contributed by atoms with E-state index in [-0.39, 0.29) is 48.4 Å². The molecule has 0 aliphatic heterocycles. The van der Waals surface area contributed by atoms with Crippen LogP contribution in [0.5, 0.6) is 5.75 Å². The average molecular weight is 527 g/mol. The van der Waals surface area contributed by atoms with Crippen LogP contribution in [-0.4, -0.2) is 30.5 Å². The molecule has 10 heteroatoms. The van der Waals surface area contributed by atoms with E-state index in [1.165, 1.54) is 42.5 Å². The number of hydrogen-bond donors (Lipinski definition) is 3. The summed E-state index contributed by atoms with van der Waals surface area (Å²) in [6.07, 6.45) is -5.70. The molecule has 5 nitrogen and oxygen atoms in total. The van der Waals surface area contributed by atoms with Crippen molar-refractivity contribution in [3.63, 3.8) is 0 Å². The van der Waals surface area contributed by atoms with Crippen LogP contribution < -0.4 is 15.4 Å². The molecule has 0 saturated heterocycles. The molecule has 1 unspecified atom stereocenters. The minimum Gasteiger partial charge on any atom is -0.405 e. The van der Waals surface area contributed by atoms with Crippen molar-refractivity contribution in [1.82, 2.24) is 10.6 Å². The number of aliphatic imine (C=N–C) groups is 1. The van der Waals surface area contributed by atoms with Crippen molar-refractivity contribution in [2.45, 2.75) is 25.9 Å². The zero-order chi connectivity index (χ0) is 20.6. The second-order valence-electron chi connectivity index (χ2n) is 5.80. The molecule has 29 heavy (non-hydrogen) atoms. The van der Waals surface area contributed by atoms with E-state index < -0.39 is 18.3 Å². The highest BCUT2D eigenvalue weighted by atomic mass is 127. The Morgan fingerprint density at radius 2 is 1.76 bits per heavy atom. The summed E-state index contributed by atoms with van der Waals surface area (Å²) in [7, 11) is 0. The van der Waals surface area contributed by atoms with Crippen LogP contribution in [0.4, 0.5) is 17.6 Å². The SMILES string of the molecule is CCNC(=NCc1ccccc1OC(F)(F)F)NCC(O)c1ccc(F)cc1.I. The number of alkyl halides is 3. The lowest BCUT2D eigenvalue weighted by Crippen LogP contribution is -2.39. The average Bonchev–Trinajstić information content (AvgIpc) is 2.64. The van der Waals surface area contributed by atoms with Gasteiger partial charge in [0.05, 0.1) is 12.6 Å². The van der Waals surface area contributed by atoms with E-state index in [2.05, 4.69) is 20.4 Å². The van der Waals surface area contributed by atoms with Gasteiger partial charge in [0.2, 0.25) is 0 Å². The van der Waals surface area contributed by atoms with Crippen LogP contribution in [0, 0.1) is 5.82 Å². The Kier molecular flexibility index (Phi) is 10.2. The number of nitrogens with zero attached hydrogens (tertiary/aromatic N) is 1. The molecule has 0 spiro atoms. The van der Waals surface area contributed by atoms with Gasteiger partial charge in [0, 0.05) is 18.7 Å². The quantitative estimate of drug-likeness (QED) is 0.219. The number of rotatable bonds is 7. The van der Waals surface area contributed by atoms with Gasteiger partial charge in [0.15, 0.2) is 5.96 Å². The third-order valence-electron chi connectivity index (χ3n) is 3.67. The summed E-state index contributed by atoms with van der Waals surface area (Å²) in [6, 6.07) is 11.2. The fourth-order valence-corrected chi connectivity index (χ4v) is 2.36. The second-order valence-corrected chi connectivity index (χ2v) is 5.80. The van der Waals surface area contributed by atoms with E-state index in [0.717, 1.165) is 0 Å². The Labute approximate surface area is 183 Å². The van der Waals surface area contributed by atoms with E-state index in [0.29, 0.717) is 18.1 Å². The maximum atomic E-state index is 13.0. The number of aliphatic hydroxyl groups is 1. The summed E-state index contributed by atoms with van der Waals surface area (Å²) in [4.78, 5) is 4.23. The van der Waals surface area contributed by atoms with Gasteiger partial charge in [-0.1, -0.05) is 30.3 Å². The number of benzene rings is 2. The number of guanidine groups is 1. The monoisotopic (exact) mass is 527 g/mol. The van der Waals surface area contributed by atoms with Crippen molar-refractivity contribution < 1.29 is 27.4 Å². The largest absolute Gasteiger partial charge is 0.573 e. The van der Waals surface area contributed by atoms with Gasteiger partial charge in [-0.05, 0) is 30.7 Å². The summed E-state index contributed by atoms with van der Waals surface area (Å²) in [6.45, 7) is 2.36. The first kappa shape index (κ1) is 25.0. The first-order valence-corrected chi connectivity index (χ1v) is 8.58. The molecule has 0 aliphatic rings. The molecule has 0 amide bonds. The molecule has 2 aromatic rings. The van der Waals surface area contributed by atoms with Crippen molar-refractivity contribution in [1.29, 1.82) is 0 Å². The molecular weight excluding hydrogens is 505 g/mol. The van der Waals surface area contributed by atoms with Crippen LogP contribution in [0.15, 0.2) is 53.5 Å². The topological polar surface area (TPSA) is 65.9 Å². The minimum absolute atomic E-state index is 0. The molecule has 0 fully saturated rings. The van der Waals surface area contributed by atoms with E-state index in [9.17, 15) is 22.7 Å². The molecule has 0 aromatic heterocycles. The predicted octanol–water partition coefficient (Wildman–Crippen LogP) is 4.13. The second kappa shape index (κ2) is 11.8. The van der Waals surface area contributed by atoms with Crippen molar-refractivity contribution in [2.75, 3.05) is 13.1 Å². The Balaban J connectivity index is 0.00000420. The predicted molar refractivity (Wildman–Crippen MR) is 113 cm³/mol. The lowest BCUT2D eigenvalue weighted by molar-refractivity contribution is -0.274. The summed E-state index contributed by atoms with van der Waals surface area (Å²) in [5.74, 6) is -0.412. The molecule has 3 N–H and O–H groups in total. The van der Waals surface area contributed by atoms with Crippen molar-refractivity contribution in [3.8, 4) is 5.75 Å². The molecule has 0 saturated carbocycles. The molecular formula is C19H22F4IN3O2. The van der Waals surface area contributed by atoms with Crippen LogP contribution in [0.25, 0.3) is 0 Å². The van der Waals surface area contributed by atoms with Gasteiger partial charge >= 0.3 is 6.36 Å². The van der Waals surface area contributed by atoms with E-state index in [4.69, 9.17) is 0 Å². The number of aliphatic hydroxyl groups excluding tert-OH is 1. The van der Waals surface area contributed by atoms with Crippen LogP contribution in [0.2, 0.25) is 0 Å². The van der Waals surface area contributed by atoms with Crippen molar-refractivity contribution in [2.24, 2.45) is 4.99 Å². The molecule has 1 atom stereocenters. The molecule has 2 aromatic carbocycles. The normalized spacial score (nSPS) is 12.7. The third kappa shape index (κ3) is 8.86. The van der Waals surface area contributed by atoms with E-state index in [1.54, 1.807) is 6.07 Å². The van der Waals surface area contributed by atoms with Gasteiger partial charge < -0.3 is 20.5 Å². The summed E-state index contributed by atoms with van der Waals surface area (Å²) in [5, 5.41) is 16.0. The molecule has 2 rings (SSSR count). The van der Waals surface area contributed by atoms with Crippen LogP contribution in [0.1, 0.15) is 24.2 Å². The number of halogens is 5. The Hall–Kier alpha value is -2.08. The van der Waals surface area contributed by atoms with E-state index >= 15 is 0 Å². The maximum absolute atomic E-state index is 13.0. The lowest BCUT2D eigenvalue weighted by Gasteiger charge is -2.16. The number of para-hydroxylation sites is 1. The van der Waals surface area contributed by atoms with Crippen molar-refractivity contribution in [3.05, 3.63) is 65.5 Å². The van der Waals surface area contributed by atoms with Gasteiger partial charge in [-0.25, -0.2) is 9.38 Å². The number of ether oxygens (including phenoxy) is 1. The standard InChI is InChI=1S/C19H21F4N3O2.HI/c1-2-24-18(26-12-16(27)13-7-9-15(20)10-8-13)25-11-14-5-3-4-6-17(14)28-19(21,22)23;/h3-10,16,27H,2,11-12H2,1H3,(H2,24,25,26);1H. The first-order chi connectivity index (χ1) is 13.3. The number of hydrogen-bond acceptors (Lipinski definition) is 3. The zero-order valence-corrected chi connectivity index (χ0v) is 17.9. The smallest absolute Gasteiger partial charge is 0.405 e. The summed E-state index contributed by atoms with van der Waals surface area (Å²) in [5.41, 5.74) is 0.782. The van der Waals surface area contributed by atoms with Crippen LogP contribution in [-0.2, 0) is 6.54 Å². The molecule has 0 bridgehead atoms. The number of nitrogens with one attached hydrogen (secondary N) is 2. The van der Waals surface area contributed by atoms with Gasteiger partial charge in [0.25, 0.3) is 0 Å². The van der Waals surface area contributed by atoms with Gasteiger partial charge in [-0.15, -0.1) is 37.1 Å². The Morgan fingerprint density at radius 1 is 1.10 bits per heavy atom. The molecule has 0 heterocycles. The lowest BCUT2D eigenvalue weighted by atomic mass is 10.1. The van der Waals surface area contributed by atoms with Gasteiger partial charge in [0.1, 0.15) is 11.6 Å². The van der Waals surface area contributed by atoms with Crippen molar-refractivity contribution >= 4 is 29.9 Å². The zero-order valence-electron chi connectivity index (χ0n) is 15.5. The molecule has 0 radical (unpaired) electrons. The third-order valence-corrected chi connectivity index (χ3v) is 3.67. The Bertz CT molecular complexity index is 786. The molecule has 0 aliphatic carbocycles. The van der Waals surface area contributed by atoms with Crippen LogP contribution >= 0.6 is 24.0 Å². The van der Waals surface area contributed by atoms with E-state index in [1.807, 2.05) is 6.92 Å². The Morgan fingerprint density at radius 3 is 2.38 bits per heavy atom. The first-order valence-electron chi connectivity index (χ1n) is 8.58. The maximum Gasteiger partial charge on any atom is 0.573 e. The highest BCUT2D eigenvalue weighted by Gasteiger charge is 2.31. The fraction of sp³-hybridized carbons (Fsp3) is 0.316. The minimum atomic E-state index is -4.79. The van der Waals surface area contributed by atoms with Crippen LogP contribution in [0.3, 0.4) is 0 Å². The highest BCUT2D eigenvalue weighted by molar-refractivity contribution is 14.0. The van der Waals surface area contributed by atoms with Gasteiger partial charge in [-0.2, -0.15) is 0 Å². The highest BCUT2D eigenvalue weighted by Crippen LogP contribution is 2.26. The fourth-order valence-electron chi connectivity index (χ4n) is 2.36. The van der Waals surface area contributed by atoms with Gasteiger partial charge in [-0.3, -0.25) is 0 Å².